The average molecular weight is 355 g/mol. The highest BCUT2D eigenvalue weighted by molar-refractivity contribution is 9.10. The normalized spacial score (nSPS) is 28.6. The van der Waals surface area contributed by atoms with Crippen molar-refractivity contribution < 1.29 is 9.18 Å². The molecule has 0 spiro atoms. The van der Waals surface area contributed by atoms with Crippen LogP contribution in [0.25, 0.3) is 0 Å². The Hall–Kier alpha value is -0.940. The summed E-state index contributed by atoms with van der Waals surface area (Å²) >= 11 is 3.14. The molecule has 0 aromatic heterocycles. The summed E-state index contributed by atoms with van der Waals surface area (Å²) in [5.41, 5.74) is 0.367. The third kappa shape index (κ3) is 2.99. The van der Waals surface area contributed by atoms with Crippen molar-refractivity contribution in [2.24, 2.45) is 5.92 Å². The lowest BCUT2D eigenvalue weighted by molar-refractivity contribution is 0.0916. The van der Waals surface area contributed by atoms with Gasteiger partial charge in [0, 0.05) is 18.6 Å². The van der Waals surface area contributed by atoms with Crippen LogP contribution in [0, 0.1) is 11.7 Å². The van der Waals surface area contributed by atoms with Crippen LogP contribution in [0.5, 0.6) is 0 Å². The summed E-state index contributed by atoms with van der Waals surface area (Å²) in [7, 11) is 2.21. The Morgan fingerprint density at radius 2 is 2.05 bits per heavy atom. The number of hydrogen-bond donors (Lipinski definition) is 1. The monoisotopic (exact) mass is 354 g/mol. The predicted octanol–water partition coefficient (Wildman–Crippen LogP) is 3.19. The number of carbonyl (C=O) groups excluding carboxylic acids is 1. The zero-order chi connectivity index (χ0) is 15.0. The first-order valence-corrected chi connectivity index (χ1v) is 8.29. The smallest absolute Gasteiger partial charge is 0.252 e. The van der Waals surface area contributed by atoms with E-state index in [1.165, 1.54) is 18.9 Å². The van der Waals surface area contributed by atoms with Gasteiger partial charge in [0.25, 0.3) is 5.91 Å². The molecule has 1 amide bonds. The van der Waals surface area contributed by atoms with Crippen molar-refractivity contribution in [2.45, 2.75) is 37.8 Å². The third-order valence-electron chi connectivity index (χ3n) is 4.94. The van der Waals surface area contributed by atoms with E-state index in [-0.39, 0.29) is 10.4 Å². The predicted molar refractivity (Wildman–Crippen MR) is 83.7 cm³/mol. The SMILES string of the molecule is CN1C2CCC1CC(CNC(=O)c1cccc(F)c1Br)C2. The molecule has 2 heterocycles. The van der Waals surface area contributed by atoms with Crippen LogP contribution >= 0.6 is 15.9 Å². The summed E-state index contributed by atoms with van der Waals surface area (Å²) in [5, 5.41) is 2.97. The summed E-state index contributed by atoms with van der Waals surface area (Å²) in [4.78, 5) is 14.7. The number of piperidine rings is 1. The number of nitrogens with zero attached hydrogens (tertiary/aromatic N) is 1. The molecule has 2 saturated heterocycles. The van der Waals surface area contributed by atoms with Crippen molar-refractivity contribution in [3.63, 3.8) is 0 Å². The molecule has 3 nitrogen and oxygen atoms in total. The van der Waals surface area contributed by atoms with Crippen LogP contribution in [0.1, 0.15) is 36.0 Å². The molecule has 1 aromatic rings. The lowest BCUT2D eigenvalue weighted by Gasteiger charge is -2.36. The molecule has 1 N–H and O–H groups in total. The second-order valence-corrected chi connectivity index (χ2v) is 6.99. The fourth-order valence-corrected chi connectivity index (χ4v) is 4.15. The topological polar surface area (TPSA) is 32.3 Å². The number of halogens is 2. The third-order valence-corrected chi connectivity index (χ3v) is 5.75. The molecule has 2 unspecified atom stereocenters. The molecule has 114 valence electrons. The molecule has 21 heavy (non-hydrogen) atoms. The first kappa shape index (κ1) is 15.0. The standard InChI is InChI=1S/C16H20BrFN2O/c1-20-11-5-6-12(20)8-10(7-11)9-19-16(21)13-3-2-4-14(18)15(13)17/h2-4,10-12H,5-9H2,1H3,(H,19,21). The quantitative estimate of drug-likeness (QED) is 0.903. The maximum atomic E-state index is 13.5. The summed E-state index contributed by atoms with van der Waals surface area (Å²) in [6.07, 6.45) is 4.86. The first-order valence-electron chi connectivity index (χ1n) is 7.50. The van der Waals surface area contributed by atoms with Gasteiger partial charge >= 0.3 is 0 Å². The van der Waals surface area contributed by atoms with Gasteiger partial charge in [-0.25, -0.2) is 4.39 Å². The van der Waals surface area contributed by atoms with Crippen LogP contribution in [0.3, 0.4) is 0 Å². The first-order chi connectivity index (χ1) is 10.1. The summed E-state index contributed by atoms with van der Waals surface area (Å²) in [5.74, 6) is -0.0670. The van der Waals surface area contributed by atoms with Gasteiger partial charge in [0.2, 0.25) is 0 Å². The van der Waals surface area contributed by atoms with Crippen LogP contribution in [-0.2, 0) is 0 Å². The van der Waals surface area contributed by atoms with Crippen LogP contribution in [0.4, 0.5) is 4.39 Å². The second kappa shape index (κ2) is 6.05. The van der Waals surface area contributed by atoms with E-state index >= 15 is 0 Å². The van der Waals surface area contributed by atoms with Gasteiger partial charge in [-0.05, 0) is 66.7 Å². The molecule has 3 rings (SSSR count). The minimum absolute atomic E-state index is 0.201. The van der Waals surface area contributed by atoms with E-state index in [4.69, 9.17) is 0 Å². The number of amides is 1. The van der Waals surface area contributed by atoms with Crippen molar-refractivity contribution >= 4 is 21.8 Å². The Morgan fingerprint density at radius 1 is 1.38 bits per heavy atom. The number of nitrogens with one attached hydrogen (secondary N) is 1. The Morgan fingerprint density at radius 3 is 2.71 bits per heavy atom. The highest BCUT2D eigenvalue weighted by atomic mass is 79.9. The maximum Gasteiger partial charge on any atom is 0.252 e. The van der Waals surface area contributed by atoms with E-state index in [1.807, 2.05) is 0 Å². The highest BCUT2D eigenvalue weighted by Gasteiger charge is 2.38. The molecular weight excluding hydrogens is 335 g/mol. The van der Waals surface area contributed by atoms with Crippen LogP contribution in [0.2, 0.25) is 0 Å². The van der Waals surface area contributed by atoms with Gasteiger partial charge in [-0.1, -0.05) is 6.07 Å². The number of fused-ring (bicyclic) bond motifs is 2. The Balaban J connectivity index is 1.58. The van der Waals surface area contributed by atoms with Gasteiger partial charge in [-0.15, -0.1) is 0 Å². The lowest BCUT2D eigenvalue weighted by atomic mass is 9.91. The molecule has 5 heteroatoms. The van der Waals surface area contributed by atoms with Crippen molar-refractivity contribution in [1.82, 2.24) is 10.2 Å². The van der Waals surface area contributed by atoms with Gasteiger partial charge in [0.15, 0.2) is 0 Å². The van der Waals surface area contributed by atoms with E-state index in [0.29, 0.717) is 30.1 Å². The largest absolute Gasteiger partial charge is 0.352 e. The van der Waals surface area contributed by atoms with Gasteiger partial charge in [-0.2, -0.15) is 0 Å². The van der Waals surface area contributed by atoms with E-state index < -0.39 is 5.82 Å². The van der Waals surface area contributed by atoms with Crippen LogP contribution in [0.15, 0.2) is 22.7 Å². The van der Waals surface area contributed by atoms with Crippen LogP contribution < -0.4 is 5.32 Å². The summed E-state index contributed by atoms with van der Waals surface area (Å²) in [6, 6.07) is 5.89. The van der Waals surface area contributed by atoms with Gasteiger partial charge in [0.1, 0.15) is 5.82 Å². The van der Waals surface area contributed by atoms with Crippen LogP contribution in [-0.4, -0.2) is 36.5 Å². The minimum atomic E-state index is -0.403. The fourth-order valence-electron chi connectivity index (χ4n) is 3.70. The van der Waals surface area contributed by atoms with Crippen molar-refractivity contribution in [3.05, 3.63) is 34.1 Å². The van der Waals surface area contributed by atoms with Gasteiger partial charge in [-0.3, -0.25) is 4.79 Å². The summed E-state index contributed by atoms with van der Waals surface area (Å²) in [6.45, 7) is 0.683. The number of benzene rings is 1. The van der Waals surface area contributed by atoms with E-state index in [0.717, 1.165) is 12.8 Å². The number of rotatable bonds is 3. The summed E-state index contributed by atoms with van der Waals surface area (Å²) < 4.78 is 13.7. The average Bonchev–Trinajstić information content (AvgIpc) is 2.70. The molecular formula is C16H20BrFN2O. The molecule has 0 radical (unpaired) electrons. The molecule has 2 bridgehead atoms. The number of carbonyl (C=O) groups is 1. The highest BCUT2D eigenvalue weighted by Crippen LogP contribution is 2.37. The zero-order valence-corrected chi connectivity index (χ0v) is 13.7. The molecule has 2 fully saturated rings. The maximum absolute atomic E-state index is 13.5. The Bertz CT molecular complexity index is 537. The van der Waals surface area contributed by atoms with Crippen molar-refractivity contribution in [2.75, 3.05) is 13.6 Å². The molecule has 1 aromatic carbocycles. The van der Waals surface area contributed by atoms with Crippen molar-refractivity contribution in [3.8, 4) is 0 Å². The Kier molecular flexibility index (Phi) is 4.31. The number of hydrogen-bond acceptors (Lipinski definition) is 2. The Labute approximate surface area is 133 Å². The zero-order valence-electron chi connectivity index (χ0n) is 12.1. The minimum Gasteiger partial charge on any atom is -0.352 e. The van der Waals surface area contributed by atoms with Crippen molar-refractivity contribution in [1.29, 1.82) is 0 Å². The molecule has 0 saturated carbocycles. The molecule has 2 aliphatic rings. The van der Waals surface area contributed by atoms with Gasteiger partial charge in [0.05, 0.1) is 10.0 Å². The second-order valence-electron chi connectivity index (χ2n) is 6.20. The van der Waals surface area contributed by atoms with Gasteiger partial charge < -0.3 is 10.2 Å². The molecule has 2 atom stereocenters. The molecule has 0 aliphatic carbocycles. The van der Waals surface area contributed by atoms with E-state index in [1.54, 1.807) is 12.1 Å². The fraction of sp³-hybridized carbons (Fsp3) is 0.562. The lowest BCUT2D eigenvalue weighted by Crippen LogP contribution is -2.43. The van der Waals surface area contributed by atoms with E-state index in [9.17, 15) is 9.18 Å². The molecule has 2 aliphatic heterocycles. The van der Waals surface area contributed by atoms with E-state index in [2.05, 4.69) is 33.2 Å².